The van der Waals surface area contributed by atoms with Crippen LogP contribution < -0.4 is 4.90 Å². The monoisotopic (exact) mass is 435 g/mol. The van der Waals surface area contributed by atoms with Crippen LogP contribution in [0.5, 0.6) is 0 Å². The summed E-state index contributed by atoms with van der Waals surface area (Å²) in [6.07, 6.45) is 0. The predicted octanol–water partition coefficient (Wildman–Crippen LogP) is 9.33. The molecule has 0 spiro atoms. The van der Waals surface area contributed by atoms with Gasteiger partial charge in [-0.25, -0.2) is 0 Å². The first-order valence-electron chi connectivity index (χ1n) is 10.2. The molecule has 5 aromatic carbocycles. The highest BCUT2D eigenvalue weighted by Gasteiger charge is 2.15. The topological polar surface area (TPSA) is 3.24 Å². The van der Waals surface area contributed by atoms with Crippen LogP contribution in [0.3, 0.4) is 0 Å². The van der Waals surface area contributed by atoms with E-state index in [4.69, 9.17) is 11.6 Å². The molecule has 1 nitrogen and oxygen atoms in total. The summed E-state index contributed by atoms with van der Waals surface area (Å²) in [4.78, 5) is 2.32. The van der Waals surface area contributed by atoms with Crippen molar-refractivity contribution in [2.45, 2.75) is 0 Å². The lowest BCUT2D eigenvalue weighted by molar-refractivity contribution is 1.30. The summed E-state index contributed by atoms with van der Waals surface area (Å²) in [6.45, 7) is 0. The van der Waals surface area contributed by atoms with Crippen LogP contribution in [0.1, 0.15) is 0 Å². The first-order chi connectivity index (χ1) is 15.3. The second-order valence-corrected chi connectivity index (χ2v) is 9.09. The largest absolute Gasteiger partial charge is 0.310 e. The average Bonchev–Trinajstić information content (AvgIpc) is 3.19. The Labute approximate surface area is 189 Å². The molecule has 0 radical (unpaired) electrons. The van der Waals surface area contributed by atoms with Gasteiger partial charge in [-0.1, -0.05) is 72.3 Å². The molecular formula is C28H18ClNS. The first-order valence-corrected chi connectivity index (χ1v) is 11.4. The van der Waals surface area contributed by atoms with Crippen molar-refractivity contribution >= 4 is 70.9 Å². The fourth-order valence-electron chi connectivity index (χ4n) is 4.25. The quantitative estimate of drug-likeness (QED) is 0.267. The molecule has 6 aromatic rings. The molecule has 0 aliphatic heterocycles. The van der Waals surface area contributed by atoms with E-state index in [0.717, 1.165) is 27.5 Å². The molecule has 0 saturated carbocycles. The molecule has 1 aromatic heterocycles. The summed E-state index contributed by atoms with van der Waals surface area (Å²) in [7, 11) is 0. The van der Waals surface area contributed by atoms with E-state index in [0.29, 0.717) is 0 Å². The standard InChI is InChI=1S/C28H18ClNS/c29-25-11-6-12-26-28(25)24-16-15-23(18-27(24)31-26)30(21-9-2-1-3-10-21)22-14-13-19-7-4-5-8-20(19)17-22/h1-18H. The van der Waals surface area contributed by atoms with Gasteiger partial charge in [0.05, 0.1) is 0 Å². The molecule has 1 heterocycles. The highest BCUT2D eigenvalue weighted by atomic mass is 35.5. The van der Waals surface area contributed by atoms with Gasteiger partial charge in [0.1, 0.15) is 0 Å². The normalized spacial score (nSPS) is 11.4. The molecule has 0 bridgehead atoms. The number of anilines is 3. The van der Waals surface area contributed by atoms with Gasteiger partial charge in [-0.2, -0.15) is 0 Å². The SMILES string of the molecule is Clc1cccc2sc3cc(N(c4ccccc4)c4ccc5ccccc5c4)ccc3c12. The highest BCUT2D eigenvalue weighted by Crippen LogP contribution is 2.42. The van der Waals surface area contributed by atoms with E-state index in [1.165, 1.54) is 25.6 Å². The third-order valence-electron chi connectivity index (χ3n) is 5.69. The Morgan fingerprint density at radius 3 is 2.16 bits per heavy atom. The number of nitrogens with zero attached hydrogens (tertiary/aromatic N) is 1. The lowest BCUT2D eigenvalue weighted by Crippen LogP contribution is -2.09. The van der Waals surface area contributed by atoms with Gasteiger partial charge in [0.15, 0.2) is 0 Å². The van der Waals surface area contributed by atoms with Gasteiger partial charge in [0.2, 0.25) is 0 Å². The highest BCUT2D eigenvalue weighted by molar-refractivity contribution is 7.26. The Morgan fingerprint density at radius 2 is 1.29 bits per heavy atom. The number of thiophene rings is 1. The molecule has 0 saturated heterocycles. The maximum atomic E-state index is 6.52. The van der Waals surface area contributed by atoms with E-state index >= 15 is 0 Å². The molecule has 0 N–H and O–H groups in total. The zero-order chi connectivity index (χ0) is 20.8. The Balaban J connectivity index is 1.58. The maximum absolute atomic E-state index is 6.52. The van der Waals surface area contributed by atoms with Crippen LogP contribution >= 0.6 is 22.9 Å². The minimum Gasteiger partial charge on any atom is -0.310 e. The second kappa shape index (κ2) is 7.42. The molecule has 0 aliphatic carbocycles. The Bertz CT molecular complexity index is 1550. The number of hydrogen-bond acceptors (Lipinski definition) is 2. The van der Waals surface area contributed by atoms with Gasteiger partial charge in [-0.3, -0.25) is 0 Å². The van der Waals surface area contributed by atoms with Crippen LogP contribution in [-0.2, 0) is 0 Å². The number of benzene rings is 5. The molecule has 0 amide bonds. The Hall–Kier alpha value is -3.33. The van der Waals surface area contributed by atoms with Crippen molar-refractivity contribution < 1.29 is 0 Å². The van der Waals surface area contributed by atoms with E-state index in [1.807, 2.05) is 12.1 Å². The van der Waals surface area contributed by atoms with Crippen LogP contribution in [0.4, 0.5) is 17.1 Å². The minimum atomic E-state index is 0.811. The molecule has 0 unspecified atom stereocenters. The first kappa shape index (κ1) is 18.4. The van der Waals surface area contributed by atoms with Gasteiger partial charge in [-0.15, -0.1) is 11.3 Å². The van der Waals surface area contributed by atoms with Gasteiger partial charge >= 0.3 is 0 Å². The van der Waals surface area contributed by atoms with Crippen molar-refractivity contribution in [3.63, 3.8) is 0 Å². The fraction of sp³-hybridized carbons (Fsp3) is 0. The number of para-hydroxylation sites is 1. The molecule has 3 heteroatoms. The lowest BCUT2D eigenvalue weighted by Gasteiger charge is -2.26. The summed E-state index contributed by atoms with van der Waals surface area (Å²) < 4.78 is 2.46. The van der Waals surface area contributed by atoms with Gasteiger partial charge in [-0.05, 0) is 59.3 Å². The third kappa shape index (κ3) is 3.16. The molecule has 6 rings (SSSR count). The van der Waals surface area contributed by atoms with Crippen molar-refractivity contribution in [1.29, 1.82) is 0 Å². The van der Waals surface area contributed by atoms with Crippen molar-refractivity contribution in [1.82, 2.24) is 0 Å². The minimum absolute atomic E-state index is 0.811. The molecule has 0 aliphatic rings. The van der Waals surface area contributed by atoms with Crippen LogP contribution in [0.25, 0.3) is 30.9 Å². The van der Waals surface area contributed by atoms with Crippen LogP contribution in [0.2, 0.25) is 5.02 Å². The van der Waals surface area contributed by atoms with Crippen molar-refractivity contribution in [2.24, 2.45) is 0 Å². The number of fused-ring (bicyclic) bond motifs is 4. The molecule has 31 heavy (non-hydrogen) atoms. The van der Waals surface area contributed by atoms with E-state index in [-0.39, 0.29) is 0 Å². The summed E-state index contributed by atoms with van der Waals surface area (Å²) in [6, 6.07) is 38.5. The lowest BCUT2D eigenvalue weighted by atomic mass is 10.1. The number of halogens is 1. The van der Waals surface area contributed by atoms with Crippen molar-refractivity contribution in [2.75, 3.05) is 4.90 Å². The van der Waals surface area contributed by atoms with Crippen molar-refractivity contribution in [3.8, 4) is 0 Å². The summed E-state index contributed by atoms with van der Waals surface area (Å²) in [5.74, 6) is 0. The van der Waals surface area contributed by atoms with Crippen LogP contribution in [0.15, 0.2) is 109 Å². The smallest absolute Gasteiger partial charge is 0.0499 e. The second-order valence-electron chi connectivity index (χ2n) is 7.60. The molecule has 148 valence electrons. The molecular weight excluding hydrogens is 418 g/mol. The van der Waals surface area contributed by atoms with Crippen molar-refractivity contribution in [3.05, 3.63) is 114 Å². The summed E-state index contributed by atoms with van der Waals surface area (Å²) in [5.41, 5.74) is 3.41. The Morgan fingerprint density at radius 1 is 0.548 bits per heavy atom. The number of hydrogen-bond donors (Lipinski definition) is 0. The summed E-state index contributed by atoms with van der Waals surface area (Å²) >= 11 is 8.31. The van der Waals surface area contributed by atoms with Crippen LogP contribution in [-0.4, -0.2) is 0 Å². The number of rotatable bonds is 3. The molecule has 0 fully saturated rings. The zero-order valence-electron chi connectivity index (χ0n) is 16.6. The molecule has 0 atom stereocenters. The van der Waals surface area contributed by atoms with Gasteiger partial charge in [0.25, 0.3) is 0 Å². The Kier molecular flexibility index (Phi) is 4.41. The van der Waals surface area contributed by atoms with Gasteiger partial charge in [0, 0.05) is 42.3 Å². The van der Waals surface area contributed by atoms with Crippen LogP contribution in [0, 0.1) is 0 Å². The average molecular weight is 436 g/mol. The predicted molar refractivity (Wildman–Crippen MR) is 137 cm³/mol. The van der Waals surface area contributed by atoms with E-state index < -0.39 is 0 Å². The zero-order valence-corrected chi connectivity index (χ0v) is 18.2. The fourth-order valence-corrected chi connectivity index (χ4v) is 5.75. The van der Waals surface area contributed by atoms with E-state index in [2.05, 4.69) is 102 Å². The summed E-state index contributed by atoms with van der Waals surface area (Å²) in [5, 5.41) is 5.64. The van der Waals surface area contributed by atoms with E-state index in [9.17, 15) is 0 Å². The maximum Gasteiger partial charge on any atom is 0.0499 e. The van der Waals surface area contributed by atoms with E-state index in [1.54, 1.807) is 11.3 Å². The third-order valence-corrected chi connectivity index (χ3v) is 7.13. The van der Waals surface area contributed by atoms with Gasteiger partial charge < -0.3 is 4.90 Å².